The van der Waals surface area contributed by atoms with Crippen molar-refractivity contribution < 1.29 is 18.7 Å². The molecule has 2 aromatic heterocycles. The molecule has 10 heteroatoms. The monoisotopic (exact) mass is 533 g/mol. The van der Waals surface area contributed by atoms with E-state index in [1.54, 1.807) is 48.4 Å². The second-order valence-electron chi connectivity index (χ2n) is 8.69. The Balaban J connectivity index is 1.34. The van der Waals surface area contributed by atoms with Gasteiger partial charge in [-0.15, -0.1) is 0 Å². The third-order valence-corrected chi connectivity index (χ3v) is 6.63. The van der Waals surface area contributed by atoms with Crippen LogP contribution in [0.4, 0.5) is 10.1 Å². The average Bonchev–Trinajstić information content (AvgIpc) is 3.39. The van der Waals surface area contributed by atoms with Crippen molar-refractivity contribution in [2.75, 3.05) is 37.7 Å². The Morgan fingerprint density at radius 3 is 2.42 bits per heavy atom. The number of esters is 1. The molecule has 2 aromatic carbocycles. The lowest BCUT2D eigenvalue weighted by molar-refractivity contribution is 0.0518. The molecular formula is C28H25ClFN5O3. The van der Waals surface area contributed by atoms with Crippen molar-refractivity contribution in [3.63, 3.8) is 0 Å². The highest BCUT2D eigenvalue weighted by Crippen LogP contribution is 2.28. The van der Waals surface area contributed by atoms with Crippen molar-refractivity contribution in [3.05, 3.63) is 95.2 Å². The second-order valence-corrected chi connectivity index (χ2v) is 9.05. The van der Waals surface area contributed by atoms with Gasteiger partial charge in [-0.3, -0.25) is 4.79 Å². The molecule has 0 spiro atoms. The number of carbonyl (C=O) groups is 2. The standard InChI is InChI=1S/C28H25ClFN5O3/c1-2-38-28(37)24-18-25(35(32-24)22-6-3-5-20(30)17-22)19-8-10-21(11-9-19)33-13-15-34(16-14-33)27(36)23-7-4-12-31-26(23)29/h3-12,17-18H,2,13-16H2,1H3. The molecule has 0 aliphatic carbocycles. The minimum Gasteiger partial charge on any atom is -0.461 e. The zero-order chi connectivity index (χ0) is 26.6. The first-order valence-electron chi connectivity index (χ1n) is 12.2. The number of nitrogens with zero attached hydrogens (tertiary/aromatic N) is 5. The first-order valence-corrected chi connectivity index (χ1v) is 12.6. The maximum atomic E-state index is 14.0. The third-order valence-electron chi connectivity index (χ3n) is 6.33. The normalized spacial score (nSPS) is 13.4. The summed E-state index contributed by atoms with van der Waals surface area (Å²) >= 11 is 6.10. The molecule has 0 saturated carbocycles. The fraction of sp³-hybridized carbons (Fsp3) is 0.214. The van der Waals surface area contributed by atoms with E-state index in [1.807, 2.05) is 24.3 Å². The smallest absolute Gasteiger partial charge is 0.358 e. The van der Waals surface area contributed by atoms with Crippen LogP contribution < -0.4 is 4.90 Å². The SMILES string of the molecule is CCOC(=O)c1cc(-c2ccc(N3CCN(C(=O)c4cccnc4Cl)CC3)cc2)n(-c2cccc(F)c2)n1. The van der Waals surface area contributed by atoms with Gasteiger partial charge < -0.3 is 14.5 Å². The van der Waals surface area contributed by atoms with E-state index >= 15 is 0 Å². The van der Waals surface area contributed by atoms with Crippen molar-refractivity contribution in [1.82, 2.24) is 19.7 Å². The summed E-state index contributed by atoms with van der Waals surface area (Å²) in [6.45, 7) is 4.39. The minimum absolute atomic E-state index is 0.124. The summed E-state index contributed by atoms with van der Waals surface area (Å²) < 4.78 is 20.6. The van der Waals surface area contributed by atoms with Gasteiger partial charge in [0.05, 0.1) is 23.6 Å². The van der Waals surface area contributed by atoms with Crippen LogP contribution in [0.5, 0.6) is 0 Å². The van der Waals surface area contributed by atoms with Crippen molar-refractivity contribution >= 4 is 29.2 Å². The molecule has 1 fully saturated rings. The van der Waals surface area contributed by atoms with Crippen molar-refractivity contribution in [3.8, 4) is 16.9 Å². The van der Waals surface area contributed by atoms with Gasteiger partial charge in [0.1, 0.15) is 11.0 Å². The fourth-order valence-electron chi connectivity index (χ4n) is 4.42. The lowest BCUT2D eigenvalue weighted by Crippen LogP contribution is -2.48. The van der Waals surface area contributed by atoms with Crippen molar-refractivity contribution in [1.29, 1.82) is 0 Å². The third kappa shape index (κ3) is 5.24. The van der Waals surface area contributed by atoms with Crippen LogP contribution in [0.2, 0.25) is 5.15 Å². The Labute approximate surface area is 224 Å². The Morgan fingerprint density at radius 1 is 0.974 bits per heavy atom. The number of piperazine rings is 1. The second kappa shape index (κ2) is 11.0. The highest BCUT2D eigenvalue weighted by molar-refractivity contribution is 6.32. The van der Waals surface area contributed by atoms with E-state index in [2.05, 4.69) is 15.0 Å². The number of halogens is 2. The van der Waals surface area contributed by atoms with Crippen LogP contribution in [-0.2, 0) is 4.74 Å². The molecule has 38 heavy (non-hydrogen) atoms. The van der Waals surface area contributed by atoms with E-state index in [9.17, 15) is 14.0 Å². The first-order chi connectivity index (χ1) is 18.4. The van der Waals surface area contributed by atoms with Crippen LogP contribution in [0, 0.1) is 5.82 Å². The van der Waals surface area contributed by atoms with Crippen LogP contribution in [0.25, 0.3) is 16.9 Å². The molecule has 0 bridgehead atoms. The van der Waals surface area contributed by atoms with Gasteiger partial charge >= 0.3 is 5.97 Å². The lowest BCUT2D eigenvalue weighted by Gasteiger charge is -2.36. The summed E-state index contributed by atoms with van der Waals surface area (Å²) in [5, 5.41) is 4.61. The minimum atomic E-state index is -0.541. The Morgan fingerprint density at radius 2 is 1.74 bits per heavy atom. The molecule has 0 N–H and O–H groups in total. The number of hydrogen-bond donors (Lipinski definition) is 0. The molecule has 194 valence electrons. The van der Waals surface area contributed by atoms with E-state index in [-0.39, 0.29) is 23.4 Å². The van der Waals surface area contributed by atoms with Gasteiger partial charge in [0, 0.05) is 43.6 Å². The molecule has 3 heterocycles. The number of hydrogen-bond acceptors (Lipinski definition) is 6. The Hall–Kier alpha value is -4.24. The number of ether oxygens (including phenoxy) is 1. The van der Waals surface area contributed by atoms with Gasteiger partial charge in [-0.2, -0.15) is 5.10 Å². The molecule has 0 radical (unpaired) electrons. The highest BCUT2D eigenvalue weighted by Gasteiger charge is 2.24. The highest BCUT2D eigenvalue weighted by atomic mass is 35.5. The number of benzene rings is 2. The summed E-state index contributed by atoms with van der Waals surface area (Å²) in [5.74, 6) is -1.07. The maximum Gasteiger partial charge on any atom is 0.358 e. The zero-order valence-corrected chi connectivity index (χ0v) is 21.4. The molecule has 4 aromatic rings. The molecular weight excluding hydrogens is 509 g/mol. The summed E-state index contributed by atoms with van der Waals surface area (Å²) in [6.07, 6.45) is 1.56. The molecule has 8 nitrogen and oxygen atoms in total. The fourth-order valence-corrected chi connectivity index (χ4v) is 4.62. The average molecular weight is 534 g/mol. The Bertz CT molecular complexity index is 1470. The molecule has 1 amide bonds. The maximum absolute atomic E-state index is 14.0. The zero-order valence-electron chi connectivity index (χ0n) is 20.7. The van der Waals surface area contributed by atoms with E-state index in [4.69, 9.17) is 16.3 Å². The van der Waals surface area contributed by atoms with Crippen molar-refractivity contribution in [2.45, 2.75) is 6.92 Å². The number of carbonyl (C=O) groups excluding carboxylic acids is 2. The molecule has 1 saturated heterocycles. The number of aromatic nitrogens is 3. The van der Waals surface area contributed by atoms with E-state index in [0.29, 0.717) is 43.1 Å². The van der Waals surface area contributed by atoms with E-state index in [1.165, 1.54) is 16.8 Å². The first kappa shape index (κ1) is 25.4. The van der Waals surface area contributed by atoms with E-state index < -0.39 is 11.8 Å². The quantitative estimate of drug-likeness (QED) is 0.260. The number of pyridine rings is 1. The summed E-state index contributed by atoms with van der Waals surface area (Å²) in [7, 11) is 0. The summed E-state index contributed by atoms with van der Waals surface area (Å²) in [6, 6.07) is 18.9. The lowest BCUT2D eigenvalue weighted by atomic mass is 10.1. The topological polar surface area (TPSA) is 80.6 Å². The van der Waals surface area contributed by atoms with Crippen LogP contribution >= 0.6 is 11.6 Å². The van der Waals surface area contributed by atoms with Gasteiger partial charge in [0.25, 0.3) is 5.91 Å². The van der Waals surface area contributed by atoms with Gasteiger partial charge in [-0.05, 0) is 55.5 Å². The van der Waals surface area contributed by atoms with Gasteiger partial charge in [-0.1, -0.05) is 29.8 Å². The van der Waals surface area contributed by atoms with E-state index in [0.717, 1.165) is 11.3 Å². The number of anilines is 1. The summed E-state index contributed by atoms with van der Waals surface area (Å²) in [5.41, 5.74) is 3.49. The predicted molar refractivity (Wildman–Crippen MR) is 142 cm³/mol. The molecule has 5 rings (SSSR count). The summed E-state index contributed by atoms with van der Waals surface area (Å²) in [4.78, 5) is 33.2. The number of amides is 1. The van der Waals surface area contributed by atoms with Gasteiger partial charge in [0.15, 0.2) is 5.69 Å². The van der Waals surface area contributed by atoms with Crippen LogP contribution in [-0.4, -0.2) is 64.3 Å². The van der Waals surface area contributed by atoms with Crippen LogP contribution in [0.15, 0.2) is 72.9 Å². The van der Waals surface area contributed by atoms with Gasteiger partial charge in [-0.25, -0.2) is 18.9 Å². The van der Waals surface area contributed by atoms with Crippen molar-refractivity contribution in [2.24, 2.45) is 0 Å². The Kier molecular flexibility index (Phi) is 7.37. The number of rotatable bonds is 6. The molecule has 0 unspecified atom stereocenters. The molecule has 0 atom stereocenters. The molecule has 1 aliphatic rings. The van der Waals surface area contributed by atoms with Crippen LogP contribution in [0.1, 0.15) is 27.8 Å². The van der Waals surface area contributed by atoms with Crippen LogP contribution in [0.3, 0.4) is 0 Å². The molecule has 1 aliphatic heterocycles. The predicted octanol–water partition coefficient (Wildman–Crippen LogP) is 4.87. The van der Waals surface area contributed by atoms with Gasteiger partial charge in [0.2, 0.25) is 0 Å². The largest absolute Gasteiger partial charge is 0.461 e.